The molecule has 1 N–H and O–H groups in total. The van der Waals surface area contributed by atoms with Crippen molar-refractivity contribution in [2.45, 2.75) is 39.5 Å². The first kappa shape index (κ1) is 10.8. The van der Waals surface area contributed by atoms with Gasteiger partial charge in [-0.25, -0.2) is 0 Å². The minimum Gasteiger partial charge on any atom is -0.316 e. The molecular formula is C12H23N. The van der Waals surface area contributed by atoms with Crippen molar-refractivity contribution >= 4 is 0 Å². The fraction of sp³-hybridized carbons (Fsp3) is 0.833. The minimum atomic E-state index is 0.932. The van der Waals surface area contributed by atoms with Crippen LogP contribution in [0.4, 0.5) is 0 Å². The largest absolute Gasteiger partial charge is 0.316 e. The first-order chi connectivity index (χ1) is 6.24. The van der Waals surface area contributed by atoms with Crippen molar-refractivity contribution in [1.29, 1.82) is 0 Å². The maximum Gasteiger partial charge on any atom is -0.00178 e. The van der Waals surface area contributed by atoms with Crippen molar-refractivity contribution < 1.29 is 0 Å². The number of rotatable bonds is 6. The van der Waals surface area contributed by atoms with E-state index in [1.54, 1.807) is 0 Å². The molecule has 1 aliphatic carbocycles. The molecule has 0 spiro atoms. The molecule has 13 heavy (non-hydrogen) atoms. The molecule has 76 valence electrons. The molecule has 0 bridgehead atoms. The van der Waals surface area contributed by atoms with E-state index in [1.807, 2.05) is 0 Å². The van der Waals surface area contributed by atoms with Crippen LogP contribution in [0.1, 0.15) is 39.5 Å². The molecule has 0 aromatic heterocycles. The normalized spacial score (nSPS) is 26.9. The van der Waals surface area contributed by atoms with Crippen LogP contribution in [0.25, 0.3) is 0 Å². The predicted octanol–water partition coefficient (Wildman–Crippen LogP) is 2.98. The van der Waals surface area contributed by atoms with E-state index in [2.05, 4.69) is 25.7 Å². The summed E-state index contributed by atoms with van der Waals surface area (Å²) in [6.45, 7) is 10.8. The van der Waals surface area contributed by atoms with Gasteiger partial charge in [-0.1, -0.05) is 12.5 Å². The molecule has 0 radical (unpaired) electrons. The Kier molecular flexibility index (Phi) is 4.51. The van der Waals surface area contributed by atoms with Gasteiger partial charge in [-0.15, -0.1) is 6.58 Å². The first-order valence-electron chi connectivity index (χ1n) is 5.59. The first-order valence-corrected chi connectivity index (χ1v) is 5.59. The molecule has 0 amide bonds. The number of hydrogen-bond acceptors (Lipinski definition) is 1. The third kappa shape index (κ3) is 3.51. The molecule has 1 rings (SSSR count). The zero-order valence-electron chi connectivity index (χ0n) is 9.10. The molecule has 1 fully saturated rings. The summed E-state index contributed by atoms with van der Waals surface area (Å²) >= 11 is 0. The van der Waals surface area contributed by atoms with E-state index in [1.165, 1.54) is 44.3 Å². The Balaban J connectivity index is 2.09. The average Bonchev–Trinajstić information content (AvgIpc) is 2.06. The van der Waals surface area contributed by atoms with Gasteiger partial charge in [-0.3, -0.25) is 0 Å². The van der Waals surface area contributed by atoms with Crippen LogP contribution in [0.15, 0.2) is 12.2 Å². The second kappa shape index (κ2) is 5.43. The van der Waals surface area contributed by atoms with Gasteiger partial charge >= 0.3 is 0 Å². The van der Waals surface area contributed by atoms with Gasteiger partial charge < -0.3 is 5.32 Å². The summed E-state index contributed by atoms with van der Waals surface area (Å²) in [6, 6.07) is 0. The second-order valence-electron chi connectivity index (χ2n) is 4.46. The molecule has 1 aliphatic rings. The highest BCUT2D eigenvalue weighted by molar-refractivity contribution is 4.95. The van der Waals surface area contributed by atoms with Crippen LogP contribution in [0.2, 0.25) is 0 Å². The zero-order valence-corrected chi connectivity index (χ0v) is 9.10. The Bertz CT molecular complexity index is 163. The summed E-state index contributed by atoms with van der Waals surface area (Å²) in [5, 5.41) is 3.51. The van der Waals surface area contributed by atoms with Gasteiger partial charge in [0.25, 0.3) is 0 Å². The quantitative estimate of drug-likeness (QED) is 0.490. The van der Waals surface area contributed by atoms with Crippen LogP contribution in [0.5, 0.6) is 0 Å². The molecule has 1 nitrogen and oxygen atoms in total. The van der Waals surface area contributed by atoms with Crippen LogP contribution in [0.3, 0.4) is 0 Å². The highest BCUT2D eigenvalue weighted by Gasteiger charge is 2.29. The number of hydrogen-bond donors (Lipinski definition) is 1. The molecule has 0 saturated heterocycles. The highest BCUT2D eigenvalue weighted by atomic mass is 14.9. The Labute approximate surface area is 82.6 Å². The van der Waals surface area contributed by atoms with Crippen LogP contribution < -0.4 is 5.32 Å². The lowest BCUT2D eigenvalue weighted by atomic mass is 9.71. The fourth-order valence-corrected chi connectivity index (χ4v) is 2.09. The molecule has 2 atom stereocenters. The lowest BCUT2D eigenvalue weighted by Gasteiger charge is -2.37. The van der Waals surface area contributed by atoms with E-state index in [-0.39, 0.29) is 0 Å². The number of allylic oxidation sites excluding steroid dienone is 1. The summed E-state index contributed by atoms with van der Waals surface area (Å²) in [5.74, 6) is 1.87. The van der Waals surface area contributed by atoms with E-state index in [0.717, 1.165) is 11.8 Å². The van der Waals surface area contributed by atoms with Crippen LogP contribution in [-0.4, -0.2) is 13.1 Å². The fourth-order valence-electron chi connectivity index (χ4n) is 2.09. The van der Waals surface area contributed by atoms with Gasteiger partial charge in [-0.2, -0.15) is 0 Å². The van der Waals surface area contributed by atoms with Gasteiger partial charge in [0.15, 0.2) is 0 Å². The summed E-state index contributed by atoms with van der Waals surface area (Å²) < 4.78 is 0. The second-order valence-corrected chi connectivity index (χ2v) is 4.46. The summed E-state index contributed by atoms with van der Waals surface area (Å²) in [7, 11) is 0. The van der Waals surface area contributed by atoms with Gasteiger partial charge in [0.2, 0.25) is 0 Å². The molecule has 0 heterocycles. The third-order valence-corrected chi connectivity index (χ3v) is 3.02. The minimum absolute atomic E-state index is 0.932. The molecule has 1 heteroatoms. The van der Waals surface area contributed by atoms with Crippen molar-refractivity contribution in [3.8, 4) is 0 Å². The molecule has 0 aromatic carbocycles. The SMILES string of the molecule is C=C(C)CC1CCC1CNCCC. The van der Waals surface area contributed by atoms with E-state index in [0.29, 0.717) is 0 Å². The number of nitrogens with one attached hydrogen (secondary N) is 1. The lowest BCUT2D eigenvalue weighted by molar-refractivity contribution is 0.171. The maximum absolute atomic E-state index is 3.99. The van der Waals surface area contributed by atoms with Gasteiger partial charge in [0.05, 0.1) is 0 Å². The maximum atomic E-state index is 3.99. The third-order valence-electron chi connectivity index (χ3n) is 3.02. The van der Waals surface area contributed by atoms with E-state index in [4.69, 9.17) is 0 Å². The van der Waals surface area contributed by atoms with Crippen molar-refractivity contribution in [1.82, 2.24) is 5.32 Å². The Morgan fingerprint density at radius 2 is 2.08 bits per heavy atom. The Morgan fingerprint density at radius 3 is 2.54 bits per heavy atom. The van der Waals surface area contributed by atoms with Crippen LogP contribution >= 0.6 is 0 Å². The topological polar surface area (TPSA) is 12.0 Å². The highest BCUT2D eigenvalue weighted by Crippen LogP contribution is 2.37. The Hall–Kier alpha value is -0.300. The van der Waals surface area contributed by atoms with E-state index >= 15 is 0 Å². The van der Waals surface area contributed by atoms with Crippen molar-refractivity contribution in [2.75, 3.05) is 13.1 Å². The average molecular weight is 181 g/mol. The van der Waals surface area contributed by atoms with E-state index < -0.39 is 0 Å². The van der Waals surface area contributed by atoms with Crippen molar-refractivity contribution in [2.24, 2.45) is 11.8 Å². The molecule has 0 aliphatic heterocycles. The summed E-state index contributed by atoms with van der Waals surface area (Å²) in [6.07, 6.45) is 5.34. The lowest BCUT2D eigenvalue weighted by Crippen LogP contribution is -2.35. The smallest absolute Gasteiger partial charge is 0.00178 e. The summed E-state index contributed by atoms with van der Waals surface area (Å²) in [4.78, 5) is 0. The molecular weight excluding hydrogens is 158 g/mol. The molecule has 2 unspecified atom stereocenters. The van der Waals surface area contributed by atoms with Crippen LogP contribution in [0, 0.1) is 11.8 Å². The van der Waals surface area contributed by atoms with E-state index in [9.17, 15) is 0 Å². The van der Waals surface area contributed by atoms with Crippen LogP contribution in [-0.2, 0) is 0 Å². The Morgan fingerprint density at radius 1 is 1.38 bits per heavy atom. The van der Waals surface area contributed by atoms with Gasteiger partial charge in [-0.05, 0) is 57.5 Å². The molecule has 1 saturated carbocycles. The summed E-state index contributed by atoms with van der Waals surface area (Å²) in [5.41, 5.74) is 1.35. The zero-order chi connectivity index (χ0) is 9.68. The standard InChI is InChI=1S/C12H23N/c1-4-7-13-9-12-6-5-11(12)8-10(2)3/h11-13H,2,4-9H2,1,3H3. The molecule has 0 aromatic rings. The predicted molar refractivity (Wildman–Crippen MR) is 58.8 cm³/mol. The monoisotopic (exact) mass is 181 g/mol. The van der Waals surface area contributed by atoms with Crippen molar-refractivity contribution in [3.05, 3.63) is 12.2 Å². The van der Waals surface area contributed by atoms with Gasteiger partial charge in [0.1, 0.15) is 0 Å². The van der Waals surface area contributed by atoms with Crippen molar-refractivity contribution in [3.63, 3.8) is 0 Å². The van der Waals surface area contributed by atoms with Gasteiger partial charge in [0, 0.05) is 0 Å².